The van der Waals surface area contributed by atoms with Crippen molar-refractivity contribution in [2.24, 2.45) is 5.92 Å². The molecule has 0 radical (unpaired) electrons. The lowest BCUT2D eigenvalue weighted by Crippen LogP contribution is -2.22. The fourth-order valence-corrected chi connectivity index (χ4v) is 1.04. The van der Waals surface area contributed by atoms with Crippen molar-refractivity contribution < 1.29 is 10.2 Å². The zero-order valence-corrected chi connectivity index (χ0v) is 5.99. The van der Waals surface area contributed by atoms with Gasteiger partial charge in [0.25, 0.3) is 0 Å². The van der Waals surface area contributed by atoms with Crippen molar-refractivity contribution >= 4 is 0 Å². The lowest BCUT2D eigenvalue weighted by molar-refractivity contribution is 0.153. The minimum atomic E-state index is -0.491. The first-order valence-corrected chi connectivity index (χ1v) is 3.42. The summed E-state index contributed by atoms with van der Waals surface area (Å²) in [6, 6.07) is 0. The van der Waals surface area contributed by atoms with E-state index in [9.17, 15) is 5.11 Å². The second kappa shape index (κ2) is 2.99. The summed E-state index contributed by atoms with van der Waals surface area (Å²) >= 11 is 0. The minimum absolute atomic E-state index is 0.0458. The number of allylic oxidation sites excluding steroid dienone is 2. The highest BCUT2D eigenvalue weighted by molar-refractivity contribution is 5.23. The van der Waals surface area contributed by atoms with E-state index < -0.39 is 6.10 Å². The van der Waals surface area contributed by atoms with Crippen LogP contribution in [0.15, 0.2) is 23.8 Å². The van der Waals surface area contributed by atoms with Crippen LogP contribution in [0.4, 0.5) is 0 Å². The molecule has 10 heavy (non-hydrogen) atoms. The SMILES string of the molecule is CC1C=CC=C(CO)C1O. The molecule has 2 atom stereocenters. The fourth-order valence-electron chi connectivity index (χ4n) is 1.04. The van der Waals surface area contributed by atoms with Crippen molar-refractivity contribution in [1.82, 2.24) is 0 Å². The Bertz CT molecular complexity index is 170. The van der Waals surface area contributed by atoms with E-state index in [4.69, 9.17) is 5.11 Å². The molecule has 2 N–H and O–H groups in total. The van der Waals surface area contributed by atoms with Crippen LogP contribution in [-0.4, -0.2) is 22.9 Å². The Balaban J connectivity index is 2.71. The Morgan fingerprint density at radius 2 is 2.30 bits per heavy atom. The van der Waals surface area contributed by atoms with E-state index in [0.717, 1.165) is 0 Å². The smallest absolute Gasteiger partial charge is 0.0835 e. The molecule has 0 heterocycles. The zero-order valence-electron chi connectivity index (χ0n) is 5.99. The number of aliphatic hydroxyl groups is 2. The molecule has 0 amide bonds. The normalized spacial score (nSPS) is 32.1. The Kier molecular flexibility index (Phi) is 2.25. The van der Waals surface area contributed by atoms with E-state index in [1.165, 1.54) is 0 Å². The fraction of sp³-hybridized carbons (Fsp3) is 0.500. The molecule has 2 heteroatoms. The molecule has 0 saturated carbocycles. The predicted molar refractivity (Wildman–Crippen MR) is 39.5 cm³/mol. The van der Waals surface area contributed by atoms with E-state index in [1.54, 1.807) is 6.08 Å². The van der Waals surface area contributed by atoms with E-state index >= 15 is 0 Å². The van der Waals surface area contributed by atoms with Crippen LogP contribution in [0, 0.1) is 5.92 Å². The van der Waals surface area contributed by atoms with Crippen molar-refractivity contribution in [2.45, 2.75) is 13.0 Å². The lowest BCUT2D eigenvalue weighted by atomic mass is 9.93. The first kappa shape index (κ1) is 7.51. The Hall–Kier alpha value is -0.600. The summed E-state index contributed by atoms with van der Waals surface area (Å²) in [5.74, 6) is 0.132. The molecule has 0 aromatic carbocycles. The van der Waals surface area contributed by atoms with E-state index in [0.29, 0.717) is 5.57 Å². The third-order valence-electron chi connectivity index (χ3n) is 1.79. The predicted octanol–water partition coefficient (Wildman–Crippen LogP) is 0.472. The molecular formula is C8H12O2. The van der Waals surface area contributed by atoms with Crippen LogP contribution in [0.25, 0.3) is 0 Å². The lowest BCUT2D eigenvalue weighted by Gasteiger charge is -2.20. The summed E-state index contributed by atoms with van der Waals surface area (Å²) in [7, 11) is 0. The second-order valence-corrected chi connectivity index (χ2v) is 2.59. The molecule has 1 rings (SSSR count). The van der Waals surface area contributed by atoms with Gasteiger partial charge in [-0.15, -0.1) is 0 Å². The Morgan fingerprint density at radius 1 is 1.60 bits per heavy atom. The van der Waals surface area contributed by atoms with Gasteiger partial charge in [0.2, 0.25) is 0 Å². The molecule has 1 aliphatic rings. The van der Waals surface area contributed by atoms with E-state index in [-0.39, 0.29) is 12.5 Å². The van der Waals surface area contributed by atoms with Crippen LogP contribution in [0.2, 0.25) is 0 Å². The molecule has 0 aromatic heterocycles. The molecule has 0 aromatic rings. The highest BCUT2D eigenvalue weighted by atomic mass is 16.3. The highest BCUT2D eigenvalue weighted by Crippen LogP contribution is 2.17. The minimum Gasteiger partial charge on any atom is -0.392 e. The molecule has 2 unspecified atom stereocenters. The van der Waals surface area contributed by atoms with Crippen molar-refractivity contribution in [3.8, 4) is 0 Å². The summed E-state index contributed by atoms with van der Waals surface area (Å²) < 4.78 is 0. The summed E-state index contributed by atoms with van der Waals surface area (Å²) in [5.41, 5.74) is 0.704. The quantitative estimate of drug-likeness (QED) is 0.556. The third kappa shape index (κ3) is 1.28. The van der Waals surface area contributed by atoms with Gasteiger partial charge in [-0.3, -0.25) is 0 Å². The molecule has 0 saturated heterocycles. The molecule has 2 nitrogen and oxygen atoms in total. The number of hydrogen-bond donors (Lipinski definition) is 2. The van der Waals surface area contributed by atoms with Gasteiger partial charge in [0.1, 0.15) is 0 Å². The van der Waals surface area contributed by atoms with Crippen molar-refractivity contribution in [3.63, 3.8) is 0 Å². The zero-order chi connectivity index (χ0) is 7.56. The standard InChI is InChI=1S/C8H12O2/c1-6-3-2-4-7(5-9)8(6)10/h2-4,6,8-10H,5H2,1H3. The summed E-state index contributed by atoms with van der Waals surface area (Å²) in [5, 5.41) is 18.1. The Labute approximate surface area is 60.5 Å². The molecular weight excluding hydrogens is 128 g/mol. The molecule has 0 bridgehead atoms. The van der Waals surface area contributed by atoms with Gasteiger partial charge in [0, 0.05) is 5.92 Å². The summed E-state index contributed by atoms with van der Waals surface area (Å²) in [6.07, 6.45) is 5.05. The summed E-state index contributed by atoms with van der Waals surface area (Å²) in [6.45, 7) is 1.87. The average molecular weight is 140 g/mol. The van der Waals surface area contributed by atoms with Crippen molar-refractivity contribution in [2.75, 3.05) is 6.61 Å². The van der Waals surface area contributed by atoms with Gasteiger partial charge in [0.05, 0.1) is 12.7 Å². The highest BCUT2D eigenvalue weighted by Gasteiger charge is 2.17. The van der Waals surface area contributed by atoms with Gasteiger partial charge in [-0.1, -0.05) is 25.2 Å². The van der Waals surface area contributed by atoms with Gasteiger partial charge in [-0.2, -0.15) is 0 Å². The largest absolute Gasteiger partial charge is 0.392 e. The van der Waals surface area contributed by atoms with E-state index in [1.807, 2.05) is 19.1 Å². The van der Waals surface area contributed by atoms with Gasteiger partial charge >= 0.3 is 0 Å². The van der Waals surface area contributed by atoms with Gasteiger partial charge in [-0.05, 0) is 5.57 Å². The van der Waals surface area contributed by atoms with Crippen LogP contribution in [-0.2, 0) is 0 Å². The van der Waals surface area contributed by atoms with Gasteiger partial charge in [0.15, 0.2) is 0 Å². The molecule has 0 spiro atoms. The second-order valence-electron chi connectivity index (χ2n) is 2.59. The maximum absolute atomic E-state index is 9.36. The first-order valence-electron chi connectivity index (χ1n) is 3.42. The van der Waals surface area contributed by atoms with Gasteiger partial charge < -0.3 is 10.2 Å². The van der Waals surface area contributed by atoms with E-state index in [2.05, 4.69) is 0 Å². The van der Waals surface area contributed by atoms with Crippen LogP contribution < -0.4 is 0 Å². The summed E-state index contributed by atoms with van der Waals surface area (Å²) in [4.78, 5) is 0. The molecule has 0 fully saturated rings. The van der Waals surface area contributed by atoms with Crippen molar-refractivity contribution in [1.29, 1.82) is 0 Å². The van der Waals surface area contributed by atoms with Crippen LogP contribution in [0.5, 0.6) is 0 Å². The number of rotatable bonds is 1. The number of hydrogen-bond acceptors (Lipinski definition) is 2. The molecule has 56 valence electrons. The van der Waals surface area contributed by atoms with Crippen LogP contribution in [0.3, 0.4) is 0 Å². The van der Waals surface area contributed by atoms with Crippen LogP contribution in [0.1, 0.15) is 6.92 Å². The van der Waals surface area contributed by atoms with Crippen LogP contribution >= 0.6 is 0 Å². The topological polar surface area (TPSA) is 40.5 Å². The maximum Gasteiger partial charge on any atom is 0.0835 e. The van der Waals surface area contributed by atoms with Gasteiger partial charge in [-0.25, -0.2) is 0 Å². The molecule has 1 aliphatic carbocycles. The Morgan fingerprint density at radius 3 is 2.80 bits per heavy atom. The monoisotopic (exact) mass is 140 g/mol. The molecule has 0 aliphatic heterocycles. The van der Waals surface area contributed by atoms with Crippen molar-refractivity contribution in [3.05, 3.63) is 23.8 Å². The number of aliphatic hydroxyl groups excluding tert-OH is 2. The average Bonchev–Trinajstić information content (AvgIpc) is 1.95. The third-order valence-corrected chi connectivity index (χ3v) is 1.79. The first-order chi connectivity index (χ1) is 4.75. The maximum atomic E-state index is 9.36.